The molecule has 1 rings (SSSR count). The van der Waals surface area contributed by atoms with Crippen molar-refractivity contribution in [2.75, 3.05) is 26.2 Å². The lowest BCUT2D eigenvalue weighted by Gasteiger charge is -2.28. The highest BCUT2D eigenvalue weighted by Gasteiger charge is 2.40. The Bertz CT molecular complexity index is 373. The number of carboxylic acid groups (broad SMARTS) is 1. The van der Waals surface area contributed by atoms with Gasteiger partial charge < -0.3 is 14.9 Å². The molecule has 1 aliphatic rings. The van der Waals surface area contributed by atoms with Gasteiger partial charge in [-0.05, 0) is 12.3 Å². The Labute approximate surface area is 115 Å². The number of hydrogen-bond acceptors (Lipinski definition) is 2. The Balaban J connectivity index is 2.73. The van der Waals surface area contributed by atoms with Gasteiger partial charge in [-0.1, -0.05) is 13.8 Å². The Morgan fingerprint density at radius 2 is 1.95 bits per heavy atom. The largest absolute Gasteiger partial charge is 0.481 e. The van der Waals surface area contributed by atoms with Crippen molar-refractivity contribution in [2.45, 2.75) is 26.4 Å². The van der Waals surface area contributed by atoms with E-state index >= 15 is 0 Å². The van der Waals surface area contributed by atoms with Gasteiger partial charge in [0.15, 0.2) is 0 Å². The third kappa shape index (κ3) is 4.28. The number of hydrogen-bond donors (Lipinski definition) is 1. The minimum atomic E-state index is -4.46. The van der Waals surface area contributed by atoms with Gasteiger partial charge in [-0.15, -0.1) is 0 Å². The first kappa shape index (κ1) is 16.6. The van der Waals surface area contributed by atoms with Gasteiger partial charge in [0.2, 0.25) is 0 Å². The van der Waals surface area contributed by atoms with Crippen LogP contribution in [0.4, 0.5) is 18.0 Å². The summed E-state index contributed by atoms with van der Waals surface area (Å²) in [5, 5.41) is 8.98. The molecule has 5 nitrogen and oxygen atoms in total. The highest BCUT2D eigenvalue weighted by Crippen LogP contribution is 2.25. The van der Waals surface area contributed by atoms with Crippen molar-refractivity contribution in [3.8, 4) is 0 Å². The maximum atomic E-state index is 12.5. The van der Waals surface area contributed by atoms with Crippen LogP contribution in [0.15, 0.2) is 0 Å². The molecule has 2 amide bonds. The minimum Gasteiger partial charge on any atom is -0.481 e. The van der Waals surface area contributed by atoms with E-state index in [0.717, 1.165) is 4.90 Å². The molecule has 0 aromatic rings. The molecule has 116 valence electrons. The highest BCUT2D eigenvalue weighted by atomic mass is 19.4. The predicted molar refractivity (Wildman–Crippen MR) is 65.2 cm³/mol. The van der Waals surface area contributed by atoms with Crippen LogP contribution in [0.3, 0.4) is 0 Å². The summed E-state index contributed by atoms with van der Waals surface area (Å²) >= 11 is 0. The van der Waals surface area contributed by atoms with E-state index in [-0.39, 0.29) is 25.6 Å². The summed E-state index contributed by atoms with van der Waals surface area (Å²) in [5.41, 5.74) is 0. The van der Waals surface area contributed by atoms with Crippen LogP contribution in [0.2, 0.25) is 0 Å². The van der Waals surface area contributed by atoms with Crippen molar-refractivity contribution >= 4 is 12.0 Å². The summed E-state index contributed by atoms with van der Waals surface area (Å²) < 4.78 is 37.4. The molecule has 1 saturated heterocycles. The minimum absolute atomic E-state index is 0.000955. The van der Waals surface area contributed by atoms with E-state index < -0.39 is 30.6 Å². The number of carbonyl (C=O) groups excluding carboxylic acids is 1. The van der Waals surface area contributed by atoms with E-state index in [4.69, 9.17) is 5.11 Å². The van der Waals surface area contributed by atoms with Crippen molar-refractivity contribution in [1.29, 1.82) is 0 Å². The van der Waals surface area contributed by atoms with Crippen molar-refractivity contribution < 1.29 is 27.9 Å². The molecular formula is C12H19F3N2O3. The van der Waals surface area contributed by atoms with Gasteiger partial charge >= 0.3 is 18.2 Å². The summed E-state index contributed by atoms with van der Waals surface area (Å²) in [4.78, 5) is 25.0. The maximum Gasteiger partial charge on any atom is 0.406 e. The summed E-state index contributed by atoms with van der Waals surface area (Å²) in [5.74, 6) is -2.00. The molecule has 0 aliphatic carbocycles. The third-order valence-corrected chi connectivity index (χ3v) is 3.33. The van der Waals surface area contributed by atoms with Crippen LogP contribution in [-0.2, 0) is 4.79 Å². The zero-order chi connectivity index (χ0) is 15.5. The molecule has 8 heteroatoms. The fraction of sp³-hybridized carbons (Fsp3) is 0.833. The van der Waals surface area contributed by atoms with E-state index in [1.807, 2.05) is 0 Å². The number of urea groups is 1. The molecule has 0 saturated carbocycles. The lowest BCUT2D eigenvalue weighted by Crippen LogP contribution is -2.46. The molecular weight excluding hydrogens is 277 g/mol. The molecule has 1 fully saturated rings. The second-order valence-corrected chi connectivity index (χ2v) is 5.15. The van der Waals surface area contributed by atoms with Crippen LogP contribution in [0.1, 0.15) is 20.3 Å². The standard InChI is InChI=1S/C12H19F3N2O3/c1-3-4-16(7-12(13,14)15)11(20)17-5-8(2)9(6-17)10(18)19/h8-9H,3-7H2,1-2H3,(H,18,19). The molecule has 2 unspecified atom stereocenters. The van der Waals surface area contributed by atoms with Crippen LogP contribution in [0.25, 0.3) is 0 Å². The topological polar surface area (TPSA) is 60.9 Å². The second-order valence-electron chi connectivity index (χ2n) is 5.15. The van der Waals surface area contributed by atoms with E-state index in [2.05, 4.69) is 0 Å². The number of carboxylic acids is 1. The van der Waals surface area contributed by atoms with Crippen LogP contribution in [0.5, 0.6) is 0 Å². The molecule has 1 aliphatic heterocycles. The Hall–Kier alpha value is -1.47. The number of likely N-dealkylation sites (tertiary alicyclic amines) is 1. The number of nitrogens with zero attached hydrogens (tertiary/aromatic N) is 2. The molecule has 0 spiro atoms. The van der Waals surface area contributed by atoms with E-state index in [0.29, 0.717) is 6.42 Å². The summed E-state index contributed by atoms with van der Waals surface area (Å²) in [6, 6.07) is -0.736. The molecule has 20 heavy (non-hydrogen) atoms. The molecule has 0 radical (unpaired) electrons. The lowest BCUT2D eigenvalue weighted by molar-refractivity contribution is -0.143. The monoisotopic (exact) mass is 296 g/mol. The first-order valence-electron chi connectivity index (χ1n) is 6.49. The average Bonchev–Trinajstić information content (AvgIpc) is 2.68. The van der Waals surface area contributed by atoms with Crippen LogP contribution in [-0.4, -0.2) is 59.3 Å². The summed E-state index contributed by atoms with van der Waals surface area (Å²) in [6.45, 7) is 2.20. The molecule has 1 N–H and O–H groups in total. The van der Waals surface area contributed by atoms with Gasteiger partial charge in [-0.3, -0.25) is 4.79 Å². The highest BCUT2D eigenvalue weighted by molar-refractivity contribution is 5.77. The fourth-order valence-corrected chi connectivity index (χ4v) is 2.37. The van der Waals surface area contributed by atoms with Gasteiger partial charge in [0.1, 0.15) is 6.54 Å². The second kappa shape index (κ2) is 6.32. The normalized spacial score (nSPS) is 22.9. The number of halogens is 3. The van der Waals surface area contributed by atoms with Crippen molar-refractivity contribution in [3.63, 3.8) is 0 Å². The number of alkyl halides is 3. The average molecular weight is 296 g/mol. The predicted octanol–water partition coefficient (Wildman–Crippen LogP) is 2.03. The Morgan fingerprint density at radius 3 is 2.35 bits per heavy atom. The molecule has 0 aromatic carbocycles. The summed E-state index contributed by atoms with van der Waals surface area (Å²) in [6.07, 6.45) is -4.05. The van der Waals surface area contributed by atoms with Crippen LogP contribution < -0.4 is 0 Å². The van der Waals surface area contributed by atoms with Gasteiger partial charge in [-0.25, -0.2) is 4.79 Å². The maximum absolute atomic E-state index is 12.5. The van der Waals surface area contributed by atoms with Crippen molar-refractivity contribution in [1.82, 2.24) is 9.80 Å². The number of amides is 2. The van der Waals surface area contributed by atoms with Gasteiger partial charge in [0.05, 0.1) is 5.92 Å². The van der Waals surface area contributed by atoms with Crippen molar-refractivity contribution in [3.05, 3.63) is 0 Å². The number of aliphatic carboxylic acids is 1. The van der Waals surface area contributed by atoms with E-state index in [9.17, 15) is 22.8 Å². The fourth-order valence-electron chi connectivity index (χ4n) is 2.37. The number of carbonyl (C=O) groups is 2. The van der Waals surface area contributed by atoms with Gasteiger partial charge in [0.25, 0.3) is 0 Å². The smallest absolute Gasteiger partial charge is 0.406 e. The van der Waals surface area contributed by atoms with Crippen molar-refractivity contribution in [2.24, 2.45) is 11.8 Å². The molecule has 0 bridgehead atoms. The Morgan fingerprint density at radius 1 is 1.35 bits per heavy atom. The molecule has 2 atom stereocenters. The van der Waals surface area contributed by atoms with E-state index in [1.165, 1.54) is 4.90 Å². The van der Waals surface area contributed by atoms with E-state index in [1.54, 1.807) is 13.8 Å². The van der Waals surface area contributed by atoms with Gasteiger partial charge in [-0.2, -0.15) is 13.2 Å². The zero-order valence-corrected chi connectivity index (χ0v) is 11.5. The first-order valence-corrected chi connectivity index (χ1v) is 6.49. The Kier molecular flexibility index (Phi) is 5.24. The summed E-state index contributed by atoms with van der Waals surface area (Å²) in [7, 11) is 0. The van der Waals surface area contributed by atoms with Gasteiger partial charge in [0, 0.05) is 19.6 Å². The third-order valence-electron chi connectivity index (χ3n) is 3.33. The lowest BCUT2D eigenvalue weighted by atomic mass is 9.99. The molecule has 1 heterocycles. The quantitative estimate of drug-likeness (QED) is 0.863. The SMILES string of the molecule is CCCN(CC(F)(F)F)C(=O)N1CC(C)C(C(=O)O)C1. The molecule has 0 aromatic heterocycles. The number of rotatable bonds is 4. The van der Waals surface area contributed by atoms with Crippen LogP contribution >= 0.6 is 0 Å². The first-order chi connectivity index (χ1) is 9.15. The zero-order valence-electron chi connectivity index (χ0n) is 11.5. The van der Waals surface area contributed by atoms with Crippen LogP contribution in [0, 0.1) is 11.8 Å².